The highest BCUT2D eigenvalue weighted by Gasteiger charge is 2.33. The van der Waals surface area contributed by atoms with Crippen molar-refractivity contribution in [2.75, 3.05) is 13.1 Å². The maximum Gasteiger partial charge on any atom is 0.0695 e. The van der Waals surface area contributed by atoms with Crippen molar-refractivity contribution in [3.05, 3.63) is 33.4 Å². The Morgan fingerprint density at radius 1 is 1.05 bits per heavy atom. The van der Waals surface area contributed by atoms with E-state index in [1.807, 2.05) is 0 Å². The molecule has 3 heteroatoms. The van der Waals surface area contributed by atoms with E-state index in [0.29, 0.717) is 12.0 Å². The van der Waals surface area contributed by atoms with Gasteiger partial charge in [-0.2, -0.15) is 0 Å². The van der Waals surface area contributed by atoms with Crippen LogP contribution in [0, 0.1) is 3.57 Å². The summed E-state index contributed by atoms with van der Waals surface area (Å²) in [6.07, 6.45) is 5.79. The van der Waals surface area contributed by atoms with Crippen LogP contribution in [0.25, 0.3) is 0 Å². The number of halogens is 1. The molecule has 2 nitrogen and oxygen atoms in total. The molecule has 1 heterocycles. The van der Waals surface area contributed by atoms with E-state index >= 15 is 0 Å². The minimum atomic E-state index is -0.0755. The summed E-state index contributed by atoms with van der Waals surface area (Å²) in [6.45, 7) is 2.30. The zero-order chi connectivity index (χ0) is 13.2. The molecule has 3 rings (SSSR count). The molecule has 0 aromatic heterocycles. The Hall–Kier alpha value is -0.130. The number of aliphatic hydroxyl groups is 1. The van der Waals surface area contributed by atoms with Gasteiger partial charge in [0.05, 0.1) is 6.10 Å². The van der Waals surface area contributed by atoms with Crippen LogP contribution in [0.3, 0.4) is 0 Å². The predicted octanol–water partition coefficient (Wildman–Crippen LogP) is 3.38. The van der Waals surface area contributed by atoms with Crippen molar-refractivity contribution in [2.24, 2.45) is 0 Å². The quantitative estimate of drug-likeness (QED) is 0.806. The number of nitrogens with zero attached hydrogens (tertiary/aromatic N) is 1. The first-order valence-electron chi connectivity index (χ1n) is 7.42. The topological polar surface area (TPSA) is 23.5 Å². The van der Waals surface area contributed by atoms with Crippen LogP contribution < -0.4 is 0 Å². The molecule has 0 bridgehead atoms. The first kappa shape index (κ1) is 13.8. The van der Waals surface area contributed by atoms with E-state index in [9.17, 15) is 5.11 Å². The Morgan fingerprint density at radius 2 is 1.79 bits per heavy atom. The summed E-state index contributed by atoms with van der Waals surface area (Å²) in [5.74, 6) is 0.711. The molecule has 0 amide bonds. The lowest BCUT2D eigenvalue weighted by Crippen LogP contribution is -2.44. The molecule has 2 aliphatic rings. The molecule has 1 aliphatic carbocycles. The number of likely N-dealkylation sites (tertiary alicyclic amines) is 1. The second-order valence-corrected chi connectivity index (χ2v) is 7.06. The molecule has 0 spiro atoms. The first-order valence-corrected chi connectivity index (χ1v) is 8.50. The number of hydrogen-bond acceptors (Lipinski definition) is 2. The fraction of sp³-hybridized carbons (Fsp3) is 0.625. The lowest BCUT2D eigenvalue weighted by Gasteiger charge is -2.37. The van der Waals surface area contributed by atoms with Gasteiger partial charge in [-0.25, -0.2) is 0 Å². The molecule has 19 heavy (non-hydrogen) atoms. The van der Waals surface area contributed by atoms with Crippen LogP contribution in [-0.2, 0) is 0 Å². The molecule has 2 atom stereocenters. The molecule has 1 aromatic carbocycles. The minimum absolute atomic E-state index is 0.0755. The van der Waals surface area contributed by atoms with Crippen molar-refractivity contribution < 1.29 is 5.11 Å². The molecule has 1 aliphatic heterocycles. The van der Waals surface area contributed by atoms with Gasteiger partial charge in [0.1, 0.15) is 0 Å². The molecule has 2 unspecified atom stereocenters. The number of piperidine rings is 1. The number of benzene rings is 1. The third-order valence-electron chi connectivity index (χ3n) is 4.79. The molecule has 1 saturated heterocycles. The highest BCUT2D eigenvalue weighted by atomic mass is 127. The van der Waals surface area contributed by atoms with Crippen molar-refractivity contribution in [1.82, 2.24) is 4.90 Å². The van der Waals surface area contributed by atoms with E-state index in [0.717, 1.165) is 19.5 Å². The summed E-state index contributed by atoms with van der Waals surface area (Å²) in [6, 6.07) is 9.21. The van der Waals surface area contributed by atoms with Crippen LogP contribution >= 0.6 is 22.6 Å². The lowest BCUT2D eigenvalue weighted by atomic mass is 9.88. The van der Waals surface area contributed by atoms with E-state index in [-0.39, 0.29) is 6.10 Å². The normalized spacial score (nSPS) is 29.8. The lowest BCUT2D eigenvalue weighted by molar-refractivity contribution is 0.0552. The Morgan fingerprint density at radius 3 is 2.42 bits per heavy atom. The van der Waals surface area contributed by atoms with E-state index in [1.54, 1.807) is 0 Å². The van der Waals surface area contributed by atoms with Crippen molar-refractivity contribution in [3.63, 3.8) is 0 Å². The number of rotatable bonds is 2. The van der Waals surface area contributed by atoms with Gasteiger partial charge >= 0.3 is 0 Å². The first-order chi connectivity index (χ1) is 9.25. The second-order valence-electron chi connectivity index (χ2n) is 5.90. The van der Waals surface area contributed by atoms with Crippen LogP contribution in [0.1, 0.15) is 43.6 Å². The zero-order valence-electron chi connectivity index (χ0n) is 11.3. The Kier molecular flexibility index (Phi) is 4.44. The van der Waals surface area contributed by atoms with Crippen molar-refractivity contribution in [2.45, 2.75) is 50.2 Å². The van der Waals surface area contributed by atoms with Gasteiger partial charge in [0.2, 0.25) is 0 Å². The standard InChI is InChI=1S/C16H22INO/c17-14-5-2-1-4-13(14)12-8-10-18(11-9-12)15-6-3-7-16(15)19/h1-2,4-5,12,15-16,19H,3,6-11H2. The van der Waals surface area contributed by atoms with Crippen LogP contribution in [0.5, 0.6) is 0 Å². The van der Waals surface area contributed by atoms with Crippen LogP contribution in [-0.4, -0.2) is 35.2 Å². The third-order valence-corrected chi connectivity index (χ3v) is 5.77. The minimum Gasteiger partial charge on any atom is -0.391 e. The third kappa shape index (κ3) is 2.98. The van der Waals surface area contributed by atoms with Gasteiger partial charge in [-0.3, -0.25) is 4.90 Å². The van der Waals surface area contributed by atoms with Gasteiger partial charge in [-0.1, -0.05) is 18.2 Å². The summed E-state index contributed by atoms with van der Waals surface area (Å²) in [5.41, 5.74) is 1.52. The maximum absolute atomic E-state index is 10.0. The van der Waals surface area contributed by atoms with E-state index < -0.39 is 0 Å². The summed E-state index contributed by atoms with van der Waals surface area (Å²) in [4.78, 5) is 2.53. The Balaban J connectivity index is 1.62. The largest absolute Gasteiger partial charge is 0.391 e. The Labute approximate surface area is 129 Å². The van der Waals surface area contributed by atoms with Crippen molar-refractivity contribution >= 4 is 22.6 Å². The summed E-state index contributed by atoms with van der Waals surface area (Å²) in [7, 11) is 0. The molecular formula is C16H22INO. The van der Waals surface area contributed by atoms with Crippen LogP contribution in [0.2, 0.25) is 0 Å². The highest BCUT2D eigenvalue weighted by Crippen LogP contribution is 2.34. The van der Waals surface area contributed by atoms with Crippen molar-refractivity contribution in [3.8, 4) is 0 Å². The van der Waals surface area contributed by atoms with Gasteiger partial charge in [0.15, 0.2) is 0 Å². The fourth-order valence-corrected chi connectivity index (χ4v) is 4.52. The molecular weight excluding hydrogens is 349 g/mol. The second kappa shape index (κ2) is 6.10. The van der Waals surface area contributed by atoms with Gasteiger partial charge in [-0.05, 0) is 85.3 Å². The highest BCUT2D eigenvalue weighted by molar-refractivity contribution is 14.1. The van der Waals surface area contributed by atoms with Crippen LogP contribution in [0.15, 0.2) is 24.3 Å². The summed E-state index contributed by atoms with van der Waals surface area (Å²) >= 11 is 2.46. The van der Waals surface area contributed by atoms with Gasteiger partial charge < -0.3 is 5.11 Å². The summed E-state index contributed by atoms with van der Waals surface area (Å²) < 4.78 is 1.40. The average Bonchev–Trinajstić information content (AvgIpc) is 2.86. The van der Waals surface area contributed by atoms with Gasteiger partial charge in [-0.15, -0.1) is 0 Å². The number of aliphatic hydroxyl groups excluding tert-OH is 1. The molecule has 1 aromatic rings. The molecule has 1 N–H and O–H groups in total. The zero-order valence-corrected chi connectivity index (χ0v) is 13.4. The SMILES string of the molecule is OC1CCCC1N1CCC(c2ccccc2I)CC1. The van der Waals surface area contributed by atoms with E-state index in [2.05, 4.69) is 51.8 Å². The number of hydrogen-bond donors (Lipinski definition) is 1. The molecule has 1 saturated carbocycles. The summed E-state index contributed by atoms with van der Waals surface area (Å²) in [5, 5.41) is 10.0. The van der Waals surface area contributed by atoms with Gasteiger partial charge in [0, 0.05) is 9.61 Å². The molecule has 104 valence electrons. The Bertz CT molecular complexity index is 429. The van der Waals surface area contributed by atoms with E-state index in [4.69, 9.17) is 0 Å². The average molecular weight is 371 g/mol. The maximum atomic E-state index is 10.0. The van der Waals surface area contributed by atoms with Crippen LogP contribution in [0.4, 0.5) is 0 Å². The predicted molar refractivity (Wildman–Crippen MR) is 86.4 cm³/mol. The monoisotopic (exact) mass is 371 g/mol. The van der Waals surface area contributed by atoms with Gasteiger partial charge in [0.25, 0.3) is 0 Å². The van der Waals surface area contributed by atoms with Crippen molar-refractivity contribution in [1.29, 1.82) is 0 Å². The molecule has 2 fully saturated rings. The van der Waals surface area contributed by atoms with E-state index in [1.165, 1.54) is 34.8 Å². The fourth-order valence-electron chi connectivity index (χ4n) is 3.70. The molecule has 0 radical (unpaired) electrons. The smallest absolute Gasteiger partial charge is 0.0695 e.